The Kier molecular flexibility index (Phi) is 4.88. The van der Waals surface area contributed by atoms with Gasteiger partial charge in [-0.3, -0.25) is 4.57 Å². The van der Waals surface area contributed by atoms with Crippen molar-refractivity contribution in [2.24, 2.45) is 5.41 Å². The number of methoxy groups -OCH3 is 2. The Morgan fingerprint density at radius 2 is 2.00 bits per heavy atom. The van der Waals surface area contributed by atoms with Crippen LogP contribution in [0.5, 0.6) is 5.75 Å². The third-order valence-electron chi connectivity index (χ3n) is 4.37. The van der Waals surface area contributed by atoms with Crippen molar-refractivity contribution in [1.82, 2.24) is 9.55 Å². The van der Waals surface area contributed by atoms with Crippen molar-refractivity contribution in [3.05, 3.63) is 41.2 Å². The zero-order valence-electron chi connectivity index (χ0n) is 18.8. The summed E-state index contributed by atoms with van der Waals surface area (Å²) in [6.07, 6.45) is -4.81. The molecule has 0 aliphatic carbocycles. The fourth-order valence-corrected chi connectivity index (χ4v) is 2.70. The molecule has 2 rings (SSSR count). The van der Waals surface area contributed by atoms with Gasteiger partial charge < -0.3 is 9.47 Å². The predicted molar refractivity (Wildman–Crippen MR) is 94.3 cm³/mol. The molecule has 0 unspecified atom stereocenters. The standard InChI is InChI=1S/C19H22F4N2O3/c1-6-14-24-15(17(26)28-5)16(20)25(14)12-8-7-11(9-13(12)27-4)10-18(2,3)19(21,22)23/h7-9H,6,10H2,1-5H3/i4D3. The number of alkyl halides is 3. The van der Waals surface area contributed by atoms with Gasteiger partial charge in [-0.1, -0.05) is 26.8 Å². The molecule has 0 radical (unpaired) electrons. The van der Waals surface area contributed by atoms with Crippen LogP contribution in [-0.4, -0.2) is 35.8 Å². The summed E-state index contributed by atoms with van der Waals surface area (Å²) in [5.41, 5.74) is -2.70. The van der Waals surface area contributed by atoms with Crippen LogP contribution < -0.4 is 4.74 Å². The minimum Gasteiger partial charge on any atom is -0.495 e. The van der Waals surface area contributed by atoms with E-state index in [0.717, 1.165) is 31.6 Å². The quantitative estimate of drug-likeness (QED) is 0.525. The summed E-state index contributed by atoms with van der Waals surface area (Å²) in [5, 5.41) is 0. The molecule has 9 heteroatoms. The molecule has 0 spiro atoms. The maximum Gasteiger partial charge on any atom is 0.394 e. The van der Waals surface area contributed by atoms with Crippen molar-refractivity contribution in [2.45, 2.75) is 39.8 Å². The van der Waals surface area contributed by atoms with Gasteiger partial charge in [0, 0.05) is 6.42 Å². The van der Waals surface area contributed by atoms with Crippen molar-refractivity contribution >= 4 is 5.97 Å². The number of imidazole rings is 1. The molecule has 0 aliphatic rings. The van der Waals surface area contributed by atoms with Gasteiger partial charge in [-0.15, -0.1) is 0 Å². The van der Waals surface area contributed by atoms with E-state index in [0.29, 0.717) is 0 Å². The van der Waals surface area contributed by atoms with Crippen molar-refractivity contribution in [2.75, 3.05) is 14.1 Å². The van der Waals surface area contributed by atoms with Crippen LogP contribution >= 0.6 is 0 Å². The van der Waals surface area contributed by atoms with Crippen molar-refractivity contribution in [1.29, 1.82) is 0 Å². The molecular formula is C19H22F4N2O3. The minimum atomic E-state index is -4.50. The molecule has 5 nitrogen and oxygen atoms in total. The van der Waals surface area contributed by atoms with E-state index < -0.39 is 42.7 Å². The third kappa shape index (κ3) is 3.98. The normalized spacial score (nSPS) is 14.2. The first kappa shape index (κ1) is 17.5. The summed E-state index contributed by atoms with van der Waals surface area (Å²) in [5.74, 6) is -2.45. The lowest BCUT2D eigenvalue weighted by Gasteiger charge is -2.28. The molecule has 0 aliphatic heterocycles. The maximum absolute atomic E-state index is 15.0. The molecule has 28 heavy (non-hydrogen) atoms. The largest absolute Gasteiger partial charge is 0.495 e. The molecule has 154 valence electrons. The number of hydrogen-bond acceptors (Lipinski definition) is 4. The Morgan fingerprint density at radius 1 is 1.32 bits per heavy atom. The summed E-state index contributed by atoms with van der Waals surface area (Å²) < 4.78 is 87.3. The average molecular weight is 405 g/mol. The number of halogens is 4. The van der Waals surface area contributed by atoms with E-state index in [1.165, 1.54) is 12.1 Å². The van der Waals surface area contributed by atoms with Gasteiger partial charge >= 0.3 is 12.1 Å². The van der Waals surface area contributed by atoms with Gasteiger partial charge in [0.15, 0.2) is 0 Å². The zero-order valence-corrected chi connectivity index (χ0v) is 15.8. The van der Waals surface area contributed by atoms with Gasteiger partial charge in [-0.25, -0.2) is 9.78 Å². The molecule has 0 saturated heterocycles. The molecule has 0 saturated carbocycles. The predicted octanol–water partition coefficient (Wildman–Crippen LogP) is 4.50. The lowest BCUT2D eigenvalue weighted by molar-refractivity contribution is -0.211. The molecule has 0 fully saturated rings. The van der Waals surface area contributed by atoms with E-state index in [4.69, 9.17) is 8.85 Å². The SMILES string of the molecule is [2H]C([2H])([2H])Oc1cc(CC(C)(C)C(F)(F)F)ccc1-n1c(CC)nc(C(=O)OC)c1F. The number of ether oxygens (including phenoxy) is 2. The number of nitrogens with zero attached hydrogens (tertiary/aromatic N) is 2. The third-order valence-corrected chi connectivity index (χ3v) is 4.37. The van der Waals surface area contributed by atoms with Crippen LogP contribution in [0.4, 0.5) is 17.6 Å². The lowest BCUT2D eigenvalue weighted by Crippen LogP contribution is -2.34. The molecular weight excluding hydrogens is 380 g/mol. The van der Waals surface area contributed by atoms with Gasteiger partial charge in [0.05, 0.1) is 29.4 Å². The Morgan fingerprint density at radius 3 is 2.54 bits per heavy atom. The Bertz CT molecular complexity index is 970. The summed E-state index contributed by atoms with van der Waals surface area (Å²) >= 11 is 0. The first-order chi connectivity index (χ1) is 14.1. The molecule has 2 aromatic rings. The van der Waals surface area contributed by atoms with Gasteiger partial charge in [0.25, 0.3) is 0 Å². The fourth-order valence-electron chi connectivity index (χ4n) is 2.70. The summed E-state index contributed by atoms with van der Waals surface area (Å²) in [4.78, 5) is 15.7. The monoisotopic (exact) mass is 405 g/mol. The van der Waals surface area contributed by atoms with Crippen LogP contribution in [0, 0.1) is 11.4 Å². The Hall–Kier alpha value is -2.58. The lowest BCUT2D eigenvalue weighted by atomic mass is 9.85. The van der Waals surface area contributed by atoms with Crippen molar-refractivity contribution in [3.63, 3.8) is 0 Å². The highest BCUT2D eigenvalue weighted by Crippen LogP contribution is 2.41. The van der Waals surface area contributed by atoms with E-state index >= 15 is 0 Å². The van der Waals surface area contributed by atoms with E-state index in [2.05, 4.69) is 9.72 Å². The minimum absolute atomic E-state index is 0.0664. The summed E-state index contributed by atoms with van der Waals surface area (Å²) in [6.45, 7) is 3.65. The van der Waals surface area contributed by atoms with Gasteiger partial charge in [-0.2, -0.15) is 17.6 Å². The van der Waals surface area contributed by atoms with Crippen LogP contribution in [-0.2, 0) is 17.6 Å². The zero-order chi connectivity index (χ0) is 23.8. The number of hydrogen-bond donors (Lipinski definition) is 0. The maximum atomic E-state index is 15.0. The first-order valence-electron chi connectivity index (χ1n) is 9.85. The van der Waals surface area contributed by atoms with E-state index in [1.807, 2.05) is 0 Å². The number of esters is 1. The van der Waals surface area contributed by atoms with E-state index in [-0.39, 0.29) is 29.2 Å². The van der Waals surface area contributed by atoms with Gasteiger partial charge in [0.2, 0.25) is 11.6 Å². The number of benzene rings is 1. The highest BCUT2D eigenvalue weighted by atomic mass is 19.4. The number of aryl methyl sites for hydroxylation is 1. The Balaban J connectivity index is 2.66. The van der Waals surface area contributed by atoms with Gasteiger partial charge in [-0.05, 0) is 24.1 Å². The Labute approximate surface area is 164 Å². The smallest absolute Gasteiger partial charge is 0.394 e. The molecule has 1 aromatic heterocycles. The fraction of sp³-hybridized carbons (Fsp3) is 0.474. The number of aromatic nitrogens is 2. The second kappa shape index (κ2) is 7.81. The highest BCUT2D eigenvalue weighted by molar-refractivity contribution is 5.87. The first-order valence-corrected chi connectivity index (χ1v) is 8.35. The van der Waals surface area contributed by atoms with Crippen LogP contribution in [0.2, 0.25) is 0 Å². The van der Waals surface area contributed by atoms with Crippen molar-refractivity contribution in [3.8, 4) is 11.4 Å². The second-order valence-electron chi connectivity index (χ2n) is 6.81. The van der Waals surface area contributed by atoms with Crippen LogP contribution in [0.1, 0.15) is 46.8 Å². The average Bonchev–Trinajstić information content (AvgIpc) is 2.95. The van der Waals surface area contributed by atoms with E-state index in [9.17, 15) is 22.4 Å². The summed E-state index contributed by atoms with van der Waals surface area (Å²) in [7, 11) is -1.91. The van der Waals surface area contributed by atoms with Crippen LogP contribution in [0.3, 0.4) is 0 Å². The number of rotatable bonds is 6. The summed E-state index contributed by atoms with van der Waals surface area (Å²) in [6, 6.07) is 3.66. The van der Waals surface area contributed by atoms with Crippen LogP contribution in [0.15, 0.2) is 18.2 Å². The topological polar surface area (TPSA) is 53.4 Å². The molecule has 0 amide bonds. The van der Waals surface area contributed by atoms with Gasteiger partial charge in [0.1, 0.15) is 11.6 Å². The number of carbonyl (C=O) groups is 1. The van der Waals surface area contributed by atoms with Crippen LogP contribution in [0.25, 0.3) is 5.69 Å². The van der Waals surface area contributed by atoms with E-state index in [1.54, 1.807) is 6.92 Å². The number of carbonyl (C=O) groups excluding carboxylic acids is 1. The molecule has 1 heterocycles. The second-order valence-corrected chi connectivity index (χ2v) is 6.81. The highest BCUT2D eigenvalue weighted by Gasteiger charge is 2.47. The molecule has 0 N–H and O–H groups in total. The molecule has 1 aromatic carbocycles. The van der Waals surface area contributed by atoms with Crippen molar-refractivity contribution < 1.29 is 35.9 Å². The molecule has 0 atom stereocenters. The molecule has 0 bridgehead atoms.